The Balaban J connectivity index is 2.75. The Morgan fingerprint density at radius 3 is 2.31 bits per heavy atom. The van der Waals surface area contributed by atoms with Gasteiger partial charge in [0.15, 0.2) is 13.1 Å². The Morgan fingerprint density at radius 1 is 1.12 bits per heavy atom. The van der Waals surface area contributed by atoms with Crippen LogP contribution in [0.25, 0.3) is 0 Å². The van der Waals surface area contributed by atoms with Crippen LogP contribution in [-0.4, -0.2) is 50.5 Å². The van der Waals surface area contributed by atoms with E-state index in [2.05, 4.69) is 16.0 Å². The van der Waals surface area contributed by atoms with Crippen molar-refractivity contribution in [2.45, 2.75) is 33.7 Å². The Morgan fingerprint density at radius 2 is 1.77 bits per heavy atom. The molecule has 8 nitrogen and oxygen atoms in total. The third-order valence-electron chi connectivity index (χ3n) is 3.56. The number of nitrogens with one attached hydrogen (secondary N) is 4. The standard InChI is InChI=1S/C18H28N4O4/c1-6-22(10-17(24)19-12(2)3)11-18(25)21-15-9-14(20-13(4)23)7-8-16(15)26-5/h7-9,12H,6,10-11H2,1-5H3,(H,19,24)(H,20,23)(H,21,25)/p+1. The van der Waals surface area contributed by atoms with Crippen LogP contribution in [-0.2, 0) is 14.4 Å². The van der Waals surface area contributed by atoms with Gasteiger partial charge in [-0.2, -0.15) is 0 Å². The van der Waals surface area contributed by atoms with Crippen LogP contribution >= 0.6 is 0 Å². The summed E-state index contributed by atoms with van der Waals surface area (Å²) in [6.07, 6.45) is 0. The summed E-state index contributed by atoms with van der Waals surface area (Å²) in [5, 5.41) is 8.27. The van der Waals surface area contributed by atoms with E-state index in [4.69, 9.17) is 4.74 Å². The predicted octanol–water partition coefficient (Wildman–Crippen LogP) is 0.0215. The molecule has 4 N–H and O–H groups in total. The van der Waals surface area contributed by atoms with E-state index in [1.54, 1.807) is 18.2 Å². The second kappa shape index (κ2) is 10.4. The summed E-state index contributed by atoms with van der Waals surface area (Å²) in [5.41, 5.74) is 1.02. The zero-order valence-corrected chi connectivity index (χ0v) is 16.1. The minimum Gasteiger partial charge on any atom is -0.495 e. The highest BCUT2D eigenvalue weighted by atomic mass is 16.5. The van der Waals surface area contributed by atoms with E-state index >= 15 is 0 Å². The largest absolute Gasteiger partial charge is 0.495 e. The van der Waals surface area contributed by atoms with Crippen LogP contribution in [0.5, 0.6) is 5.75 Å². The fourth-order valence-corrected chi connectivity index (χ4v) is 2.42. The fourth-order valence-electron chi connectivity index (χ4n) is 2.42. The van der Waals surface area contributed by atoms with Crippen molar-refractivity contribution in [2.24, 2.45) is 0 Å². The minimum absolute atomic E-state index is 0.0650. The highest BCUT2D eigenvalue weighted by Crippen LogP contribution is 2.27. The second-order valence-corrected chi connectivity index (χ2v) is 6.32. The molecule has 0 aliphatic heterocycles. The van der Waals surface area contributed by atoms with E-state index in [0.29, 0.717) is 23.7 Å². The third-order valence-corrected chi connectivity index (χ3v) is 3.56. The molecule has 0 heterocycles. The SMILES string of the molecule is CC[NH+](CC(=O)Nc1cc(NC(C)=O)ccc1OC)CC(=O)NC(C)C. The van der Waals surface area contributed by atoms with E-state index in [1.165, 1.54) is 14.0 Å². The molecule has 0 bridgehead atoms. The molecule has 1 rings (SSSR count). The summed E-state index contributed by atoms with van der Waals surface area (Å²) in [5.74, 6) is -0.0411. The monoisotopic (exact) mass is 365 g/mol. The summed E-state index contributed by atoms with van der Waals surface area (Å²) in [6, 6.07) is 5.06. The number of amides is 3. The first-order valence-electron chi connectivity index (χ1n) is 8.63. The lowest BCUT2D eigenvalue weighted by Crippen LogP contribution is -3.14. The number of quaternary nitrogens is 1. The van der Waals surface area contributed by atoms with Gasteiger partial charge in [-0.15, -0.1) is 0 Å². The molecule has 0 radical (unpaired) electrons. The molecule has 1 atom stereocenters. The zero-order valence-electron chi connectivity index (χ0n) is 16.1. The molecular formula is C18H29N4O4+. The second-order valence-electron chi connectivity index (χ2n) is 6.32. The average Bonchev–Trinajstić information content (AvgIpc) is 2.53. The van der Waals surface area contributed by atoms with Gasteiger partial charge in [0.25, 0.3) is 11.8 Å². The van der Waals surface area contributed by atoms with Crippen molar-refractivity contribution in [2.75, 3.05) is 37.4 Å². The predicted molar refractivity (Wildman–Crippen MR) is 100 cm³/mol. The number of carbonyl (C=O) groups is 3. The van der Waals surface area contributed by atoms with Crippen molar-refractivity contribution < 1.29 is 24.0 Å². The third kappa shape index (κ3) is 7.52. The molecular weight excluding hydrogens is 336 g/mol. The number of hydrogen-bond acceptors (Lipinski definition) is 4. The Kier molecular flexibility index (Phi) is 8.57. The lowest BCUT2D eigenvalue weighted by atomic mass is 10.2. The molecule has 1 aromatic rings. The highest BCUT2D eigenvalue weighted by Gasteiger charge is 2.18. The van der Waals surface area contributed by atoms with E-state index < -0.39 is 0 Å². The van der Waals surface area contributed by atoms with Crippen molar-refractivity contribution in [1.29, 1.82) is 0 Å². The van der Waals surface area contributed by atoms with Crippen LogP contribution in [0, 0.1) is 0 Å². The van der Waals surface area contributed by atoms with Gasteiger partial charge >= 0.3 is 0 Å². The van der Waals surface area contributed by atoms with Crippen LogP contribution < -0.4 is 25.6 Å². The van der Waals surface area contributed by atoms with E-state index in [0.717, 1.165) is 4.90 Å². The minimum atomic E-state index is -0.238. The molecule has 1 aromatic carbocycles. The summed E-state index contributed by atoms with van der Waals surface area (Å²) in [7, 11) is 1.50. The van der Waals surface area contributed by atoms with Gasteiger partial charge in [-0.3, -0.25) is 14.4 Å². The van der Waals surface area contributed by atoms with Gasteiger partial charge in [0.1, 0.15) is 5.75 Å². The maximum absolute atomic E-state index is 12.4. The number of carbonyl (C=O) groups excluding carboxylic acids is 3. The first-order valence-corrected chi connectivity index (χ1v) is 8.63. The molecule has 0 saturated heterocycles. The molecule has 0 spiro atoms. The molecule has 144 valence electrons. The molecule has 0 saturated carbocycles. The van der Waals surface area contributed by atoms with Crippen LogP contribution in [0.2, 0.25) is 0 Å². The van der Waals surface area contributed by atoms with Gasteiger partial charge in [-0.05, 0) is 39.0 Å². The van der Waals surface area contributed by atoms with Crippen molar-refractivity contribution in [3.8, 4) is 5.75 Å². The molecule has 0 aromatic heterocycles. The van der Waals surface area contributed by atoms with Gasteiger partial charge in [0.2, 0.25) is 5.91 Å². The van der Waals surface area contributed by atoms with Gasteiger partial charge < -0.3 is 25.6 Å². The number of methoxy groups -OCH3 is 1. The van der Waals surface area contributed by atoms with E-state index in [1.807, 2.05) is 20.8 Å². The smallest absolute Gasteiger partial charge is 0.279 e. The van der Waals surface area contributed by atoms with Gasteiger partial charge in [0, 0.05) is 18.7 Å². The van der Waals surface area contributed by atoms with Crippen molar-refractivity contribution in [1.82, 2.24) is 5.32 Å². The first kappa shape index (κ1) is 21.4. The zero-order chi connectivity index (χ0) is 19.7. The van der Waals surface area contributed by atoms with Crippen molar-refractivity contribution in [3.63, 3.8) is 0 Å². The van der Waals surface area contributed by atoms with Crippen LogP contribution in [0.1, 0.15) is 27.7 Å². The number of ether oxygens (including phenoxy) is 1. The number of anilines is 2. The van der Waals surface area contributed by atoms with Crippen LogP contribution in [0.15, 0.2) is 18.2 Å². The molecule has 3 amide bonds. The fraction of sp³-hybridized carbons (Fsp3) is 0.500. The molecule has 26 heavy (non-hydrogen) atoms. The normalized spacial score (nSPS) is 11.6. The lowest BCUT2D eigenvalue weighted by Gasteiger charge is -2.18. The van der Waals surface area contributed by atoms with E-state index in [9.17, 15) is 14.4 Å². The summed E-state index contributed by atoms with van der Waals surface area (Å²) < 4.78 is 5.25. The Bertz CT molecular complexity index is 646. The summed E-state index contributed by atoms with van der Waals surface area (Å²) in [6.45, 7) is 8.13. The maximum Gasteiger partial charge on any atom is 0.279 e. The number of likely N-dealkylation sites (N-methyl/N-ethyl adjacent to an activating group) is 1. The molecule has 0 aliphatic carbocycles. The van der Waals surface area contributed by atoms with Gasteiger partial charge in [0.05, 0.1) is 19.3 Å². The summed E-state index contributed by atoms with van der Waals surface area (Å²) in [4.78, 5) is 36.3. The maximum atomic E-state index is 12.4. The Labute approximate surface area is 154 Å². The lowest BCUT2D eigenvalue weighted by molar-refractivity contribution is -0.881. The summed E-state index contributed by atoms with van der Waals surface area (Å²) >= 11 is 0. The van der Waals surface area contributed by atoms with Crippen molar-refractivity contribution >= 4 is 29.1 Å². The van der Waals surface area contributed by atoms with Crippen LogP contribution in [0.4, 0.5) is 11.4 Å². The first-order chi connectivity index (χ1) is 12.2. The average molecular weight is 365 g/mol. The van der Waals surface area contributed by atoms with Gasteiger partial charge in [-0.1, -0.05) is 0 Å². The molecule has 0 fully saturated rings. The topological polar surface area (TPSA) is 101 Å². The van der Waals surface area contributed by atoms with Crippen molar-refractivity contribution in [3.05, 3.63) is 18.2 Å². The van der Waals surface area contributed by atoms with Gasteiger partial charge in [-0.25, -0.2) is 0 Å². The number of benzene rings is 1. The molecule has 8 heteroatoms. The number of hydrogen-bond donors (Lipinski definition) is 4. The molecule has 1 unspecified atom stereocenters. The van der Waals surface area contributed by atoms with E-state index in [-0.39, 0.29) is 36.9 Å². The number of rotatable bonds is 9. The highest BCUT2D eigenvalue weighted by molar-refractivity contribution is 5.95. The molecule has 0 aliphatic rings. The Hall–Kier alpha value is -2.61. The quantitative estimate of drug-likeness (QED) is 0.496. The van der Waals surface area contributed by atoms with Crippen LogP contribution in [0.3, 0.4) is 0 Å².